The van der Waals surface area contributed by atoms with Crippen LogP contribution in [0.25, 0.3) is 0 Å². The van der Waals surface area contributed by atoms with Crippen LogP contribution in [0.15, 0.2) is 0 Å². The molecule has 0 N–H and O–H groups in total. The summed E-state index contributed by atoms with van der Waals surface area (Å²) in [7, 11) is 1.65. The molecule has 4 heteroatoms. The predicted octanol–water partition coefficient (Wildman–Crippen LogP) is 3.78. The van der Waals surface area contributed by atoms with Crippen molar-refractivity contribution in [2.45, 2.75) is 73.7 Å². The second kappa shape index (κ2) is 6.25. The number of carbonyl (C=O) groups is 1. The van der Waals surface area contributed by atoms with E-state index in [4.69, 9.17) is 14.2 Å². The van der Waals surface area contributed by atoms with Crippen molar-refractivity contribution >= 4 is 5.97 Å². The molecule has 3 atom stereocenters. The molecule has 1 aliphatic heterocycles. The van der Waals surface area contributed by atoms with E-state index in [2.05, 4.69) is 48.5 Å². The summed E-state index contributed by atoms with van der Waals surface area (Å²) in [4.78, 5) is 11.7. The largest absolute Gasteiger partial charge is 0.464 e. The lowest BCUT2D eigenvalue weighted by molar-refractivity contribution is -0.243. The topological polar surface area (TPSA) is 44.8 Å². The van der Waals surface area contributed by atoms with Gasteiger partial charge >= 0.3 is 5.97 Å². The average molecular weight is 300 g/mol. The summed E-state index contributed by atoms with van der Waals surface area (Å²) < 4.78 is 16.7. The van der Waals surface area contributed by atoms with E-state index in [-0.39, 0.29) is 22.2 Å². The molecule has 3 unspecified atom stereocenters. The van der Waals surface area contributed by atoms with Gasteiger partial charge in [0, 0.05) is 18.9 Å². The lowest BCUT2D eigenvalue weighted by Crippen LogP contribution is -2.49. The molecule has 0 aromatic carbocycles. The van der Waals surface area contributed by atoms with Crippen LogP contribution in [0.1, 0.15) is 61.3 Å². The second-order valence-corrected chi connectivity index (χ2v) is 8.55. The van der Waals surface area contributed by atoms with Gasteiger partial charge in [0.1, 0.15) is 0 Å². The lowest BCUT2D eigenvalue weighted by atomic mass is 9.61. The smallest absolute Gasteiger partial charge is 0.335 e. The Morgan fingerprint density at radius 2 is 1.76 bits per heavy atom. The highest BCUT2D eigenvalue weighted by molar-refractivity contribution is 5.76. The molecule has 4 nitrogen and oxygen atoms in total. The van der Waals surface area contributed by atoms with Crippen LogP contribution in [0.4, 0.5) is 0 Å². The van der Waals surface area contributed by atoms with Gasteiger partial charge in [0.25, 0.3) is 0 Å². The van der Waals surface area contributed by atoms with E-state index in [1.54, 1.807) is 7.11 Å². The summed E-state index contributed by atoms with van der Waals surface area (Å²) >= 11 is 0. The number of esters is 1. The van der Waals surface area contributed by atoms with Crippen LogP contribution in [0, 0.1) is 16.2 Å². The summed E-state index contributed by atoms with van der Waals surface area (Å²) in [5.41, 5.74) is -0.106. The molecular formula is C17H32O4. The number of hydrogen-bond acceptors (Lipinski definition) is 4. The fourth-order valence-electron chi connectivity index (χ4n) is 3.02. The molecule has 0 saturated carbocycles. The molecular weight excluding hydrogens is 268 g/mol. The molecule has 1 aliphatic rings. The van der Waals surface area contributed by atoms with Gasteiger partial charge in [0.15, 0.2) is 12.4 Å². The molecule has 0 aromatic rings. The molecule has 1 heterocycles. The first-order valence-corrected chi connectivity index (χ1v) is 7.75. The summed E-state index contributed by atoms with van der Waals surface area (Å²) in [6.07, 6.45) is 0.599. The van der Waals surface area contributed by atoms with Crippen LogP contribution in [0.2, 0.25) is 0 Å². The average Bonchev–Trinajstić information content (AvgIpc) is 2.67. The highest BCUT2D eigenvalue weighted by Crippen LogP contribution is 2.50. The first-order valence-electron chi connectivity index (χ1n) is 7.75. The predicted molar refractivity (Wildman–Crippen MR) is 82.9 cm³/mol. The van der Waals surface area contributed by atoms with Gasteiger partial charge in [-0.1, -0.05) is 48.5 Å². The molecule has 124 valence electrons. The van der Waals surface area contributed by atoms with E-state index in [1.165, 1.54) is 0 Å². The molecule has 1 rings (SSSR count). The minimum absolute atomic E-state index is 0.0243. The van der Waals surface area contributed by atoms with Gasteiger partial charge in [-0.2, -0.15) is 0 Å². The Morgan fingerprint density at radius 1 is 1.19 bits per heavy atom. The van der Waals surface area contributed by atoms with Gasteiger partial charge in [0.2, 0.25) is 0 Å². The molecule has 1 saturated heterocycles. The van der Waals surface area contributed by atoms with Gasteiger partial charge in [-0.05, 0) is 17.3 Å². The zero-order chi connectivity index (χ0) is 16.5. The number of ether oxygens (including phenoxy) is 3. The van der Waals surface area contributed by atoms with Gasteiger partial charge in [-0.25, -0.2) is 4.79 Å². The monoisotopic (exact) mass is 300 g/mol. The third kappa shape index (κ3) is 4.43. The molecule has 0 aromatic heterocycles. The van der Waals surface area contributed by atoms with Crippen LogP contribution < -0.4 is 0 Å². The van der Waals surface area contributed by atoms with Crippen molar-refractivity contribution in [3.05, 3.63) is 0 Å². The van der Waals surface area contributed by atoms with Crippen LogP contribution in [0.5, 0.6) is 0 Å². The van der Waals surface area contributed by atoms with Crippen molar-refractivity contribution in [2.75, 3.05) is 13.7 Å². The molecule has 0 spiro atoms. The lowest BCUT2D eigenvalue weighted by Gasteiger charge is -2.49. The maximum Gasteiger partial charge on any atom is 0.335 e. The van der Waals surface area contributed by atoms with Crippen molar-refractivity contribution < 1.29 is 19.0 Å². The Bertz CT molecular complexity index is 364. The van der Waals surface area contributed by atoms with Crippen LogP contribution in [-0.4, -0.2) is 32.1 Å². The van der Waals surface area contributed by atoms with E-state index in [9.17, 15) is 4.79 Å². The quantitative estimate of drug-likeness (QED) is 0.572. The number of methoxy groups -OCH3 is 1. The Morgan fingerprint density at radius 3 is 2.10 bits per heavy atom. The van der Waals surface area contributed by atoms with Gasteiger partial charge in [-0.15, -0.1) is 0 Å². The van der Waals surface area contributed by atoms with Crippen molar-refractivity contribution in [3.8, 4) is 0 Å². The highest BCUT2D eigenvalue weighted by Gasteiger charge is 2.49. The Kier molecular flexibility index (Phi) is 5.49. The van der Waals surface area contributed by atoms with Crippen LogP contribution >= 0.6 is 0 Å². The van der Waals surface area contributed by atoms with Gasteiger partial charge in [-0.3, -0.25) is 0 Å². The minimum Gasteiger partial charge on any atom is -0.464 e. The SMILES string of the molecule is COC(OC1CCOC1=O)C(C)(CC(C)(C)C)C(C)(C)C. The van der Waals surface area contributed by atoms with E-state index in [0.29, 0.717) is 13.0 Å². The van der Waals surface area contributed by atoms with Crippen LogP contribution in [0.3, 0.4) is 0 Å². The first kappa shape index (κ1) is 18.4. The highest BCUT2D eigenvalue weighted by atomic mass is 16.7. The fraction of sp³-hybridized carbons (Fsp3) is 0.941. The molecule has 0 amide bonds. The number of carbonyl (C=O) groups excluding carboxylic acids is 1. The van der Waals surface area contributed by atoms with E-state index < -0.39 is 12.4 Å². The minimum atomic E-state index is -0.503. The zero-order valence-corrected chi connectivity index (χ0v) is 14.9. The molecule has 0 bridgehead atoms. The Labute approximate surface area is 129 Å². The van der Waals surface area contributed by atoms with Crippen molar-refractivity contribution in [1.29, 1.82) is 0 Å². The third-order valence-electron chi connectivity index (χ3n) is 4.52. The first-order chi connectivity index (χ1) is 9.40. The summed E-state index contributed by atoms with van der Waals surface area (Å²) in [5.74, 6) is -0.274. The number of hydrogen-bond donors (Lipinski definition) is 0. The third-order valence-corrected chi connectivity index (χ3v) is 4.52. The Hall–Kier alpha value is -0.610. The van der Waals surface area contributed by atoms with Crippen molar-refractivity contribution in [2.24, 2.45) is 16.2 Å². The summed E-state index contributed by atoms with van der Waals surface area (Å²) in [6.45, 7) is 15.9. The van der Waals surface area contributed by atoms with Gasteiger partial charge in [0.05, 0.1) is 6.61 Å². The molecule has 1 fully saturated rings. The van der Waals surface area contributed by atoms with Crippen molar-refractivity contribution in [3.63, 3.8) is 0 Å². The van der Waals surface area contributed by atoms with Gasteiger partial charge < -0.3 is 14.2 Å². The zero-order valence-electron chi connectivity index (χ0n) is 14.9. The fourth-order valence-corrected chi connectivity index (χ4v) is 3.02. The Balaban J connectivity index is 3.01. The molecule has 0 aliphatic carbocycles. The second-order valence-electron chi connectivity index (χ2n) is 8.55. The number of rotatable bonds is 5. The maximum absolute atomic E-state index is 11.7. The molecule has 21 heavy (non-hydrogen) atoms. The standard InChI is InChI=1S/C17H32O4/c1-15(2,3)11-17(7,16(4,5)6)14(19-8)21-12-9-10-20-13(12)18/h12,14H,9-11H2,1-8H3. The normalized spacial score (nSPS) is 24.6. The summed E-state index contributed by atoms with van der Waals surface area (Å²) in [5, 5.41) is 0. The number of cyclic esters (lactones) is 1. The van der Waals surface area contributed by atoms with Crippen LogP contribution in [-0.2, 0) is 19.0 Å². The maximum atomic E-state index is 11.7. The van der Waals surface area contributed by atoms with Crippen molar-refractivity contribution in [1.82, 2.24) is 0 Å². The van der Waals surface area contributed by atoms with E-state index in [0.717, 1.165) is 6.42 Å². The van der Waals surface area contributed by atoms with E-state index in [1.807, 2.05) is 0 Å². The van der Waals surface area contributed by atoms with E-state index >= 15 is 0 Å². The molecule has 0 radical (unpaired) electrons. The summed E-state index contributed by atoms with van der Waals surface area (Å²) in [6, 6.07) is 0.